The van der Waals surface area contributed by atoms with Crippen molar-refractivity contribution in [2.75, 3.05) is 6.61 Å². The Kier molecular flexibility index (Phi) is 4.52. The maximum atomic E-state index is 10.8. The van der Waals surface area contributed by atoms with E-state index in [2.05, 4.69) is 9.47 Å². The fourth-order valence-corrected chi connectivity index (χ4v) is 0.496. The standard InChI is InChI=1S/C8H14O6/c1-8(2,3)14-7(12)13-6(11)5(10)4-9/h5,9-10H,4H2,1-3H3. The van der Waals surface area contributed by atoms with Crippen molar-refractivity contribution in [2.24, 2.45) is 0 Å². The maximum absolute atomic E-state index is 10.8. The fraction of sp³-hybridized carbons (Fsp3) is 0.750. The summed E-state index contributed by atoms with van der Waals surface area (Å²) in [5.74, 6) is -1.23. The molecule has 0 aromatic carbocycles. The lowest BCUT2D eigenvalue weighted by Gasteiger charge is -2.18. The molecular formula is C8H14O6. The van der Waals surface area contributed by atoms with Crippen LogP contribution in [0.3, 0.4) is 0 Å². The van der Waals surface area contributed by atoms with Gasteiger partial charge in [0, 0.05) is 0 Å². The lowest BCUT2D eigenvalue weighted by molar-refractivity contribution is -0.152. The molecule has 0 aromatic heterocycles. The van der Waals surface area contributed by atoms with Gasteiger partial charge in [-0.3, -0.25) is 0 Å². The van der Waals surface area contributed by atoms with Crippen LogP contribution in [0.1, 0.15) is 20.8 Å². The van der Waals surface area contributed by atoms with E-state index in [1.165, 1.54) is 0 Å². The number of aliphatic hydroxyl groups is 2. The molecule has 0 aliphatic rings. The second-order valence-corrected chi connectivity index (χ2v) is 3.58. The van der Waals surface area contributed by atoms with E-state index in [0.717, 1.165) is 0 Å². The van der Waals surface area contributed by atoms with Gasteiger partial charge in [0.1, 0.15) is 5.60 Å². The first-order chi connectivity index (χ1) is 6.26. The molecule has 6 heteroatoms. The van der Waals surface area contributed by atoms with Gasteiger partial charge >= 0.3 is 12.1 Å². The topological polar surface area (TPSA) is 93.1 Å². The van der Waals surface area contributed by atoms with Gasteiger partial charge in [0.15, 0.2) is 6.10 Å². The second-order valence-electron chi connectivity index (χ2n) is 3.58. The van der Waals surface area contributed by atoms with E-state index < -0.39 is 30.4 Å². The molecule has 0 amide bonds. The lowest BCUT2D eigenvalue weighted by atomic mass is 10.2. The third-order valence-electron chi connectivity index (χ3n) is 1.02. The zero-order valence-electron chi connectivity index (χ0n) is 8.31. The predicted octanol–water partition coefficient (Wildman–Crippen LogP) is -0.182. The molecule has 1 unspecified atom stereocenters. The normalized spacial score (nSPS) is 13.2. The summed E-state index contributed by atoms with van der Waals surface area (Å²) in [6.07, 6.45) is -2.92. The van der Waals surface area contributed by atoms with Crippen LogP contribution in [-0.4, -0.2) is 40.6 Å². The summed E-state index contributed by atoms with van der Waals surface area (Å²) in [4.78, 5) is 21.6. The molecule has 0 bridgehead atoms. The minimum Gasteiger partial charge on any atom is -0.428 e. The zero-order chi connectivity index (χ0) is 11.4. The summed E-state index contributed by atoms with van der Waals surface area (Å²) in [7, 11) is 0. The number of carbonyl (C=O) groups excluding carboxylic acids is 2. The van der Waals surface area contributed by atoms with Crippen molar-refractivity contribution in [1.82, 2.24) is 0 Å². The van der Waals surface area contributed by atoms with Crippen molar-refractivity contribution in [1.29, 1.82) is 0 Å². The van der Waals surface area contributed by atoms with E-state index in [1.54, 1.807) is 20.8 Å². The molecular weight excluding hydrogens is 192 g/mol. The molecule has 0 spiro atoms. The Morgan fingerprint density at radius 2 is 1.86 bits per heavy atom. The summed E-state index contributed by atoms with van der Waals surface area (Å²) in [6, 6.07) is 0. The van der Waals surface area contributed by atoms with E-state index in [4.69, 9.17) is 10.2 Å². The molecule has 0 aromatic rings. The average molecular weight is 206 g/mol. The van der Waals surface area contributed by atoms with E-state index >= 15 is 0 Å². The minimum atomic E-state index is -1.72. The van der Waals surface area contributed by atoms with Crippen LogP contribution in [-0.2, 0) is 14.3 Å². The minimum absolute atomic E-state index is 0.776. The summed E-state index contributed by atoms with van der Waals surface area (Å²) in [5.41, 5.74) is -0.776. The molecule has 0 aliphatic heterocycles. The van der Waals surface area contributed by atoms with E-state index in [1.807, 2.05) is 0 Å². The van der Waals surface area contributed by atoms with Crippen LogP contribution in [0, 0.1) is 0 Å². The third kappa shape index (κ3) is 5.50. The first-order valence-corrected chi connectivity index (χ1v) is 4.00. The van der Waals surface area contributed by atoms with Gasteiger partial charge in [-0.05, 0) is 20.8 Å². The molecule has 0 radical (unpaired) electrons. The zero-order valence-corrected chi connectivity index (χ0v) is 8.31. The number of carbonyl (C=O) groups is 2. The molecule has 6 nitrogen and oxygen atoms in total. The Bertz CT molecular complexity index is 216. The second kappa shape index (κ2) is 4.92. The van der Waals surface area contributed by atoms with Gasteiger partial charge in [0.25, 0.3) is 0 Å². The molecule has 14 heavy (non-hydrogen) atoms. The van der Waals surface area contributed by atoms with Gasteiger partial charge in [0.2, 0.25) is 0 Å². The first kappa shape index (κ1) is 12.9. The number of aliphatic hydroxyl groups excluding tert-OH is 2. The van der Waals surface area contributed by atoms with Crippen molar-refractivity contribution in [3.05, 3.63) is 0 Å². The number of esters is 1. The summed E-state index contributed by atoms with van der Waals surface area (Å²) < 4.78 is 8.70. The van der Waals surface area contributed by atoms with Crippen LogP contribution < -0.4 is 0 Å². The van der Waals surface area contributed by atoms with Gasteiger partial charge in [-0.15, -0.1) is 0 Å². The highest BCUT2D eigenvalue weighted by atomic mass is 16.8. The van der Waals surface area contributed by atoms with Crippen LogP contribution in [0.5, 0.6) is 0 Å². The molecule has 0 rings (SSSR count). The summed E-state index contributed by atoms with van der Waals surface area (Å²) in [6.45, 7) is 3.99. The highest BCUT2D eigenvalue weighted by Gasteiger charge is 2.23. The van der Waals surface area contributed by atoms with Gasteiger partial charge < -0.3 is 19.7 Å². The fourth-order valence-electron chi connectivity index (χ4n) is 0.496. The monoisotopic (exact) mass is 206 g/mol. The van der Waals surface area contributed by atoms with Crippen LogP contribution in [0.15, 0.2) is 0 Å². The van der Waals surface area contributed by atoms with Crippen LogP contribution >= 0.6 is 0 Å². The van der Waals surface area contributed by atoms with E-state index in [9.17, 15) is 9.59 Å². The average Bonchev–Trinajstić information content (AvgIpc) is 1.99. The Morgan fingerprint density at radius 3 is 2.21 bits per heavy atom. The number of hydrogen-bond acceptors (Lipinski definition) is 6. The van der Waals surface area contributed by atoms with Crippen molar-refractivity contribution in [3.8, 4) is 0 Å². The Balaban J connectivity index is 4.02. The summed E-state index contributed by atoms with van der Waals surface area (Å²) >= 11 is 0. The van der Waals surface area contributed by atoms with Crippen molar-refractivity contribution in [3.63, 3.8) is 0 Å². The number of rotatable bonds is 2. The molecule has 0 saturated carbocycles. The Hall–Kier alpha value is -1.14. The Morgan fingerprint density at radius 1 is 1.36 bits per heavy atom. The quantitative estimate of drug-likeness (QED) is 0.480. The lowest BCUT2D eigenvalue weighted by Crippen LogP contribution is -2.32. The summed E-state index contributed by atoms with van der Waals surface area (Å²) in [5, 5.41) is 17.1. The Labute approximate surface area is 81.4 Å². The predicted molar refractivity (Wildman–Crippen MR) is 45.4 cm³/mol. The molecule has 1 atom stereocenters. The van der Waals surface area contributed by atoms with Gasteiger partial charge in [-0.2, -0.15) is 0 Å². The van der Waals surface area contributed by atoms with Gasteiger partial charge in [-0.1, -0.05) is 0 Å². The molecule has 82 valence electrons. The molecule has 0 saturated heterocycles. The largest absolute Gasteiger partial charge is 0.516 e. The molecule has 0 fully saturated rings. The highest BCUT2D eigenvalue weighted by molar-refractivity contribution is 5.84. The molecule has 0 heterocycles. The maximum Gasteiger partial charge on any atom is 0.516 e. The van der Waals surface area contributed by atoms with Crippen molar-refractivity contribution in [2.45, 2.75) is 32.5 Å². The number of ether oxygens (including phenoxy) is 2. The van der Waals surface area contributed by atoms with Crippen molar-refractivity contribution < 1.29 is 29.3 Å². The third-order valence-corrected chi connectivity index (χ3v) is 1.02. The van der Waals surface area contributed by atoms with E-state index in [-0.39, 0.29) is 0 Å². The molecule has 2 N–H and O–H groups in total. The number of hydrogen-bond donors (Lipinski definition) is 2. The van der Waals surface area contributed by atoms with Gasteiger partial charge in [0.05, 0.1) is 6.61 Å². The van der Waals surface area contributed by atoms with Gasteiger partial charge in [-0.25, -0.2) is 9.59 Å². The molecule has 0 aliphatic carbocycles. The smallest absolute Gasteiger partial charge is 0.428 e. The van der Waals surface area contributed by atoms with Crippen molar-refractivity contribution >= 4 is 12.1 Å². The van der Waals surface area contributed by atoms with Crippen LogP contribution in [0.25, 0.3) is 0 Å². The SMILES string of the molecule is CC(C)(C)OC(=O)OC(=O)C(O)CO. The first-order valence-electron chi connectivity index (χ1n) is 4.00. The van der Waals surface area contributed by atoms with E-state index in [0.29, 0.717) is 0 Å². The van der Waals surface area contributed by atoms with Crippen LogP contribution in [0.2, 0.25) is 0 Å². The van der Waals surface area contributed by atoms with Crippen LogP contribution in [0.4, 0.5) is 4.79 Å². The highest BCUT2D eigenvalue weighted by Crippen LogP contribution is 2.08.